The minimum absolute atomic E-state index is 0.0400. The molecule has 3 aromatic rings. The minimum Gasteiger partial charge on any atom is -0.474 e. The van der Waals surface area contributed by atoms with Crippen LogP contribution in [0.2, 0.25) is 0 Å². The van der Waals surface area contributed by atoms with Crippen LogP contribution in [0, 0.1) is 11.3 Å². The summed E-state index contributed by atoms with van der Waals surface area (Å²) in [6.45, 7) is 7.74. The summed E-state index contributed by atoms with van der Waals surface area (Å²) in [7, 11) is 0. The topological polar surface area (TPSA) is 131 Å². The first-order valence-corrected chi connectivity index (χ1v) is 12.7. The lowest BCUT2D eigenvalue weighted by Crippen LogP contribution is -2.35. The molecule has 1 aliphatic heterocycles. The quantitative estimate of drug-likeness (QED) is 0.431. The Labute approximate surface area is 220 Å². The molecule has 5 rings (SSSR count). The highest BCUT2D eigenvalue weighted by molar-refractivity contribution is 5.86. The number of nitriles is 1. The van der Waals surface area contributed by atoms with Crippen LogP contribution in [-0.2, 0) is 26.2 Å². The lowest BCUT2D eigenvalue weighted by atomic mass is 9.80. The summed E-state index contributed by atoms with van der Waals surface area (Å²) in [6, 6.07) is 9.65. The van der Waals surface area contributed by atoms with E-state index in [1.807, 2.05) is 32.0 Å². The number of ether oxygens (including phenoxy) is 2. The number of aromatic nitrogens is 3. The Bertz CT molecular complexity index is 1440. The van der Waals surface area contributed by atoms with Gasteiger partial charge in [-0.25, -0.2) is 4.98 Å². The second kappa shape index (κ2) is 9.89. The van der Waals surface area contributed by atoms with Crippen molar-refractivity contribution in [3.8, 4) is 34.8 Å². The molecule has 0 saturated carbocycles. The monoisotopic (exact) mass is 515 g/mol. The Kier molecular flexibility index (Phi) is 6.61. The van der Waals surface area contributed by atoms with Crippen LogP contribution in [0.3, 0.4) is 0 Å². The molecule has 1 amide bonds. The van der Waals surface area contributed by atoms with E-state index in [9.17, 15) is 14.9 Å². The summed E-state index contributed by atoms with van der Waals surface area (Å²) in [5.41, 5.74) is 3.45. The van der Waals surface area contributed by atoms with Crippen molar-refractivity contribution >= 4 is 11.9 Å². The van der Waals surface area contributed by atoms with Gasteiger partial charge in [0.2, 0.25) is 17.6 Å². The molecule has 2 aromatic heterocycles. The van der Waals surface area contributed by atoms with E-state index in [0.29, 0.717) is 24.4 Å². The van der Waals surface area contributed by atoms with Crippen LogP contribution in [0.1, 0.15) is 57.2 Å². The van der Waals surface area contributed by atoms with Crippen LogP contribution in [-0.4, -0.2) is 57.2 Å². The van der Waals surface area contributed by atoms with Gasteiger partial charge in [-0.2, -0.15) is 10.2 Å². The molecule has 38 heavy (non-hydrogen) atoms. The molecule has 1 aliphatic carbocycles. The maximum atomic E-state index is 12.9. The van der Waals surface area contributed by atoms with Gasteiger partial charge in [-0.1, -0.05) is 23.4 Å². The van der Waals surface area contributed by atoms with Crippen LogP contribution in [0.25, 0.3) is 22.8 Å². The largest absolute Gasteiger partial charge is 0.474 e. The molecule has 2 aliphatic rings. The van der Waals surface area contributed by atoms with E-state index >= 15 is 0 Å². The fourth-order valence-electron chi connectivity index (χ4n) is 5.34. The Hall–Kier alpha value is -4.26. The van der Waals surface area contributed by atoms with Gasteiger partial charge in [0.15, 0.2) is 0 Å². The highest BCUT2D eigenvalue weighted by atomic mass is 16.5. The average molecular weight is 516 g/mol. The highest BCUT2D eigenvalue weighted by Crippen LogP contribution is 2.48. The molecule has 196 valence electrons. The Balaban J connectivity index is 1.40. The first kappa shape index (κ1) is 25.4. The summed E-state index contributed by atoms with van der Waals surface area (Å²) in [5.74, 6) is 0.494. The van der Waals surface area contributed by atoms with Crippen LogP contribution in [0.5, 0.6) is 5.88 Å². The zero-order chi connectivity index (χ0) is 27.0. The summed E-state index contributed by atoms with van der Waals surface area (Å²) in [6.07, 6.45) is 3.10. The Morgan fingerprint density at radius 3 is 2.82 bits per heavy atom. The number of amides is 1. The number of fused-ring (bicyclic) bond motifs is 2. The lowest BCUT2D eigenvalue weighted by Gasteiger charge is -2.25. The van der Waals surface area contributed by atoms with Gasteiger partial charge in [0.1, 0.15) is 18.2 Å². The molecule has 3 heterocycles. The third-order valence-corrected chi connectivity index (χ3v) is 6.86. The Morgan fingerprint density at radius 1 is 1.26 bits per heavy atom. The fraction of sp³-hybridized carbons (Fsp3) is 0.429. The van der Waals surface area contributed by atoms with E-state index in [1.165, 1.54) is 0 Å². The van der Waals surface area contributed by atoms with Gasteiger partial charge in [0, 0.05) is 30.1 Å². The molecule has 1 saturated heterocycles. The van der Waals surface area contributed by atoms with Gasteiger partial charge in [-0.3, -0.25) is 9.59 Å². The molecular weight excluding hydrogens is 486 g/mol. The number of nitrogens with zero attached hydrogens (tertiary/aromatic N) is 5. The molecule has 0 radical (unpaired) electrons. The molecule has 10 nitrogen and oxygen atoms in total. The number of hydrogen-bond donors (Lipinski definition) is 0. The summed E-state index contributed by atoms with van der Waals surface area (Å²) in [5, 5.41) is 13.7. The van der Waals surface area contributed by atoms with Crippen LogP contribution < -0.4 is 4.74 Å². The van der Waals surface area contributed by atoms with Gasteiger partial charge in [0.05, 0.1) is 17.8 Å². The molecule has 1 unspecified atom stereocenters. The number of hydrogen-bond acceptors (Lipinski definition) is 9. The molecule has 0 N–H and O–H groups in total. The van der Waals surface area contributed by atoms with E-state index in [1.54, 1.807) is 31.0 Å². The van der Waals surface area contributed by atoms with Crippen molar-refractivity contribution in [2.75, 3.05) is 13.1 Å². The smallest absolute Gasteiger partial charge is 0.325 e. The summed E-state index contributed by atoms with van der Waals surface area (Å²) in [4.78, 5) is 35.5. The van der Waals surface area contributed by atoms with Crippen molar-refractivity contribution in [1.29, 1.82) is 5.26 Å². The number of carbonyl (C=O) groups excluding carboxylic acids is 2. The zero-order valence-corrected chi connectivity index (χ0v) is 21.9. The van der Waals surface area contributed by atoms with Crippen LogP contribution in [0.15, 0.2) is 35.0 Å². The summed E-state index contributed by atoms with van der Waals surface area (Å²) >= 11 is 0. The third-order valence-electron chi connectivity index (χ3n) is 6.86. The number of carbonyl (C=O) groups is 2. The van der Waals surface area contributed by atoms with E-state index in [2.05, 4.69) is 21.2 Å². The Morgan fingerprint density at radius 2 is 2.08 bits per heavy atom. The molecule has 1 spiro atoms. The second-order valence-electron chi connectivity index (χ2n) is 10.4. The van der Waals surface area contributed by atoms with Gasteiger partial charge >= 0.3 is 5.97 Å². The van der Waals surface area contributed by atoms with Crippen molar-refractivity contribution in [1.82, 2.24) is 20.0 Å². The number of likely N-dealkylation sites (tertiary alicyclic amines) is 1. The maximum Gasteiger partial charge on any atom is 0.325 e. The van der Waals surface area contributed by atoms with E-state index in [0.717, 1.165) is 29.5 Å². The van der Waals surface area contributed by atoms with Crippen molar-refractivity contribution in [3.05, 3.63) is 47.2 Å². The third kappa shape index (κ3) is 4.72. The van der Waals surface area contributed by atoms with Crippen molar-refractivity contribution in [2.24, 2.45) is 0 Å². The van der Waals surface area contributed by atoms with E-state index in [-0.39, 0.29) is 47.4 Å². The van der Waals surface area contributed by atoms with Gasteiger partial charge in [-0.05, 0) is 57.7 Å². The first-order valence-electron chi connectivity index (χ1n) is 12.7. The van der Waals surface area contributed by atoms with E-state index in [4.69, 9.17) is 14.0 Å². The lowest BCUT2D eigenvalue weighted by molar-refractivity contribution is -0.151. The molecular formula is C28H29N5O5. The number of rotatable bonds is 7. The predicted octanol–water partition coefficient (Wildman–Crippen LogP) is 3.83. The van der Waals surface area contributed by atoms with Crippen molar-refractivity contribution in [3.63, 3.8) is 0 Å². The van der Waals surface area contributed by atoms with Crippen LogP contribution in [0.4, 0.5) is 0 Å². The van der Waals surface area contributed by atoms with E-state index < -0.39 is 5.97 Å². The number of pyridine rings is 1. The molecule has 1 atom stereocenters. The molecule has 1 aromatic carbocycles. The minimum atomic E-state index is -0.394. The summed E-state index contributed by atoms with van der Waals surface area (Å²) < 4.78 is 16.4. The number of esters is 1. The highest BCUT2D eigenvalue weighted by Gasteiger charge is 2.49. The molecule has 0 bridgehead atoms. The molecule has 1 fully saturated rings. The SMILES string of the molecule is CC(C)OC(=O)CN1CC2(CCc3c(-c4noc(-c5cnc(OC(C)C)c(C#N)c5)n4)cccc32)CC1=O. The van der Waals surface area contributed by atoms with Crippen molar-refractivity contribution in [2.45, 2.75) is 64.6 Å². The van der Waals surface area contributed by atoms with Crippen molar-refractivity contribution < 1.29 is 23.6 Å². The zero-order valence-electron chi connectivity index (χ0n) is 21.9. The van der Waals surface area contributed by atoms with Gasteiger partial charge in [0.25, 0.3) is 5.89 Å². The van der Waals surface area contributed by atoms with Gasteiger partial charge in [-0.15, -0.1) is 0 Å². The predicted molar refractivity (Wildman–Crippen MR) is 136 cm³/mol. The fourth-order valence-corrected chi connectivity index (χ4v) is 5.34. The first-order chi connectivity index (χ1) is 18.2. The average Bonchev–Trinajstić information content (AvgIpc) is 3.57. The second-order valence-corrected chi connectivity index (χ2v) is 10.4. The number of benzene rings is 1. The standard InChI is InChI=1S/C28H29N5O5/c1-16(2)36-24(35)14-33-15-28(11-23(33)34)9-8-20-21(6-5-7-22(20)28)25-31-27(38-32-25)19-10-18(12-29)26(30-13-19)37-17(3)4/h5-7,10,13,16-17H,8-9,11,14-15H2,1-4H3. The van der Waals surface area contributed by atoms with Gasteiger partial charge < -0.3 is 18.9 Å². The molecule has 10 heteroatoms. The normalized spacial score (nSPS) is 18.3. The van der Waals surface area contributed by atoms with Crippen LogP contribution >= 0.6 is 0 Å². The maximum absolute atomic E-state index is 12.9.